The molecule has 39 heavy (non-hydrogen) atoms. The molecule has 236 valence electrons. The summed E-state index contributed by atoms with van der Waals surface area (Å²) in [5.41, 5.74) is 0. The van der Waals surface area contributed by atoms with Crippen LogP contribution in [0.4, 0.5) is 0 Å². The van der Waals surface area contributed by atoms with Crippen molar-refractivity contribution in [3.63, 3.8) is 0 Å². The fourth-order valence-electron chi connectivity index (χ4n) is 4.41. The summed E-state index contributed by atoms with van der Waals surface area (Å²) >= 11 is 0. The van der Waals surface area contributed by atoms with E-state index in [-0.39, 0.29) is 25.4 Å². The molecule has 0 heterocycles. The highest BCUT2D eigenvalue weighted by Crippen LogP contribution is 2.26. The molecule has 0 radical (unpaired) electrons. The summed E-state index contributed by atoms with van der Waals surface area (Å²) in [5.74, 6) is -0.364. The molecule has 0 aliphatic carbocycles. The normalized spacial score (nSPS) is 15.3. The van der Waals surface area contributed by atoms with Gasteiger partial charge < -0.3 is 37.7 Å². The summed E-state index contributed by atoms with van der Waals surface area (Å²) in [6.45, 7) is 18.7. The number of aliphatic hydroxyl groups is 2. The first-order valence-corrected chi connectivity index (χ1v) is 24.7. The molecule has 3 N–H and O–H groups in total. The molecule has 0 spiro atoms. The Labute approximate surface area is 241 Å². The number of aliphatic hydroxyl groups excluding tert-OH is 2. The number of hydrogen-bond acceptors (Lipinski definition) is 10. The molecule has 11 nitrogen and oxygen atoms in total. The minimum atomic E-state index is -4.01. The van der Waals surface area contributed by atoms with Crippen LogP contribution in [0.5, 0.6) is 0 Å². The molecule has 2 unspecified atom stereocenters. The van der Waals surface area contributed by atoms with E-state index in [0.29, 0.717) is 26.4 Å². The first kappa shape index (κ1) is 39.2. The third-order valence-corrected chi connectivity index (χ3v) is 18.3. The van der Waals surface area contributed by atoms with Crippen LogP contribution in [0.1, 0.15) is 19.8 Å². The Morgan fingerprint density at radius 1 is 0.769 bits per heavy atom. The molecular weight excluding hydrogens is 577 g/mol. The molecule has 0 aliphatic rings. The van der Waals surface area contributed by atoms with Crippen LogP contribution >= 0.6 is 0 Å². The van der Waals surface area contributed by atoms with Crippen molar-refractivity contribution in [1.82, 2.24) is 9.80 Å². The van der Waals surface area contributed by atoms with Crippen molar-refractivity contribution in [2.45, 2.75) is 83.3 Å². The fraction of sp³-hybridized carbons (Fsp3) is 1.00. The van der Waals surface area contributed by atoms with Gasteiger partial charge in [0.2, 0.25) is 0 Å². The molecule has 0 bridgehead atoms. The second-order valence-corrected chi connectivity index (χ2v) is 26.2. The minimum absolute atomic E-state index is 0.142. The van der Waals surface area contributed by atoms with Crippen molar-refractivity contribution in [1.29, 1.82) is 0 Å². The van der Waals surface area contributed by atoms with Gasteiger partial charge in [-0.15, -0.1) is 0 Å². The highest BCUT2D eigenvalue weighted by atomic mass is 32.2. The van der Waals surface area contributed by atoms with Crippen molar-refractivity contribution in [2.75, 3.05) is 72.5 Å². The predicted molar refractivity (Wildman–Crippen MR) is 164 cm³/mol. The van der Waals surface area contributed by atoms with Gasteiger partial charge in [-0.3, -0.25) is 4.55 Å². The molecule has 0 aliphatic heterocycles. The number of likely N-dealkylation sites (N-methyl/N-ethyl adjacent to an activating group) is 2. The van der Waals surface area contributed by atoms with Gasteiger partial charge in [0.1, 0.15) is 0 Å². The van der Waals surface area contributed by atoms with Gasteiger partial charge in [0.05, 0.1) is 31.2 Å². The van der Waals surface area contributed by atoms with Crippen LogP contribution in [0.3, 0.4) is 0 Å². The van der Waals surface area contributed by atoms with Crippen molar-refractivity contribution in [3.05, 3.63) is 0 Å². The van der Waals surface area contributed by atoms with Gasteiger partial charge in [-0.1, -0.05) is 6.92 Å². The van der Waals surface area contributed by atoms with E-state index in [1.165, 1.54) is 0 Å². The number of hydrogen-bond donors (Lipinski definition) is 3. The SMILES string of the molecule is CCN(C)CC(O)COCCC[Si](C)(C)O[Si](C)(C)O[Si](C)(C)CCCOCC(O)CN(C)CCS(=O)(=O)O. The molecule has 0 rings (SSSR count). The topological polar surface area (TPSA) is 138 Å². The Balaban J connectivity index is 4.26. The maximum atomic E-state index is 10.8. The van der Waals surface area contributed by atoms with Crippen LogP contribution < -0.4 is 0 Å². The quantitative estimate of drug-likeness (QED) is 0.0820. The summed E-state index contributed by atoms with van der Waals surface area (Å²) in [6.07, 6.45) is 0.530. The maximum Gasteiger partial charge on any atom is 0.311 e. The Kier molecular flexibility index (Phi) is 18.8. The van der Waals surface area contributed by atoms with Crippen molar-refractivity contribution >= 4 is 35.3 Å². The second-order valence-electron chi connectivity index (χ2n) is 12.2. The number of nitrogens with zero attached hydrogens (tertiary/aromatic N) is 2. The maximum absolute atomic E-state index is 10.8. The Bertz CT molecular complexity index is 761. The van der Waals surface area contributed by atoms with Crippen LogP contribution in [0, 0.1) is 0 Å². The number of rotatable bonds is 24. The third kappa shape index (κ3) is 23.5. The summed E-state index contributed by atoms with van der Waals surface area (Å²) in [5, 5.41) is 20.1. The Morgan fingerprint density at radius 3 is 1.56 bits per heavy atom. The monoisotopic (exact) mass is 634 g/mol. The lowest BCUT2D eigenvalue weighted by Gasteiger charge is -2.38. The lowest BCUT2D eigenvalue weighted by molar-refractivity contribution is 0.0216. The van der Waals surface area contributed by atoms with Gasteiger partial charge in [0, 0.05) is 32.8 Å². The predicted octanol–water partition coefficient (Wildman–Crippen LogP) is 2.44. The Hall–Kier alpha value is 0.241. The van der Waals surface area contributed by atoms with Crippen molar-refractivity contribution in [2.24, 2.45) is 0 Å². The summed E-state index contributed by atoms with van der Waals surface area (Å²) in [7, 11) is -6.56. The largest absolute Gasteiger partial charge is 0.437 e. The molecule has 0 saturated carbocycles. The van der Waals surface area contributed by atoms with Gasteiger partial charge in [-0.25, -0.2) is 0 Å². The molecule has 0 saturated heterocycles. The zero-order valence-electron chi connectivity index (χ0n) is 25.9. The third-order valence-electron chi connectivity index (χ3n) is 6.12. The molecule has 2 atom stereocenters. The molecule has 0 aromatic rings. The minimum Gasteiger partial charge on any atom is -0.437 e. The van der Waals surface area contributed by atoms with Gasteiger partial charge >= 0.3 is 8.56 Å². The zero-order chi connectivity index (χ0) is 30.3. The number of ether oxygens (including phenoxy) is 2. The molecular formula is C24H58N2O9SSi3. The summed E-state index contributed by atoms with van der Waals surface area (Å²) in [4.78, 5) is 3.71. The van der Waals surface area contributed by atoms with Gasteiger partial charge in [-0.2, -0.15) is 8.42 Å². The molecule has 15 heteroatoms. The van der Waals surface area contributed by atoms with Crippen LogP contribution in [0.2, 0.25) is 51.4 Å². The van der Waals surface area contributed by atoms with Gasteiger partial charge in [-0.05, 0) is 84.9 Å². The molecule has 0 fully saturated rings. The zero-order valence-corrected chi connectivity index (χ0v) is 29.8. The van der Waals surface area contributed by atoms with Crippen LogP contribution in [0.15, 0.2) is 0 Å². The van der Waals surface area contributed by atoms with E-state index < -0.39 is 47.5 Å². The van der Waals surface area contributed by atoms with E-state index in [9.17, 15) is 18.6 Å². The first-order chi connectivity index (χ1) is 17.8. The fourth-order valence-corrected chi connectivity index (χ4v) is 18.9. The van der Waals surface area contributed by atoms with Crippen molar-refractivity contribution < 1.29 is 40.9 Å². The average molecular weight is 635 g/mol. The smallest absolute Gasteiger partial charge is 0.311 e. The van der Waals surface area contributed by atoms with E-state index >= 15 is 0 Å². The van der Waals surface area contributed by atoms with Crippen LogP contribution in [-0.2, 0) is 27.8 Å². The van der Waals surface area contributed by atoms with Crippen LogP contribution in [-0.4, -0.2) is 143 Å². The molecule has 0 aromatic carbocycles. The lowest BCUT2D eigenvalue weighted by Crippen LogP contribution is -2.52. The van der Waals surface area contributed by atoms with E-state index in [0.717, 1.165) is 31.5 Å². The second kappa shape index (κ2) is 18.7. The highest BCUT2D eigenvalue weighted by molar-refractivity contribution is 7.85. The lowest BCUT2D eigenvalue weighted by atomic mass is 10.3. The van der Waals surface area contributed by atoms with Gasteiger partial charge in [0.25, 0.3) is 10.1 Å². The Morgan fingerprint density at radius 2 is 1.18 bits per heavy atom. The standard InChI is InChI=1S/C24H58N2O9SSi3/c1-10-25(2)19-23(27)21-32-14-11-17-37(4,5)34-39(8,9)35-38(6,7)18-12-15-33-22-24(28)20-26(3)13-16-36(29,30)31/h23-24,27-28H,10-22H2,1-9H3,(H,29,30,31). The van der Waals surface area contributed by atoms with E-state index in [2.05, 4.69) is 51.1 Å². The molecule has 0 aromatic heterocycles. The summed E-state index contributed by atoms with van der Waals surface area (Å²) in [6, 6.07) is 1.89. The van der Waals surface area contributed by atoms with Crippen molar-refractivity contribution in [3.8, 4) is 0 Å². The first-order valence-electron chi connectivity index (χ1n) is 14.0. The van der Waals surface area contributed by atoms with E-state index in [1.807, 2.05) is 7.05 Å². The van der Waals surface area contributed by atoms with Gasteiger partial charge in [0.15, 0.2) is 16.6 Å². The molecule has 0 amide bonds. The van der Waals surface area contributed by atoms with E-state index in [4.69, 9.17) is 22.3 Å². The van der Waals surface area contributed by atoms with Crippen LogP contribution in [0.25, 0.3) is 0 Å². The summed E-state index contributed by atoms with van der Waals surface area (Å²) < 4.78 is 55.1. The average Bonchev–Trinajstić information content (AvgIpc) is 2.74. The highest BCUT2D eigenvalue weighted by Gasteiger charge is 2.39. The van der Waals surface area contributed by atoms with E-state index in [1.54, 1.807) is 11.9 Å².